The first-order valence-corrected chi connectivity index (χ1v) is 5.97. The third-order valence-corrected chi connectivity index (χ3v) is 4.31. The van der Waals surface area contributed by atoms with Gasteiger partial charge < -0.3 is 5.11 Å². The first-order chi connectivity index (χ1) is 7.06. The molecule has 0 aromatic carbocycles. The van der Waals surface area contributed by atoms with Crippen LogP contribution in [-0.4, -0.2) is 35.6 Å². The first-order valence-electron chi connectivity index (χ1n) is 5.97. The van der Waals surface area contributed by atoms with Gasteiger partial charge in [0.1, 0.15) is 5.54 Å². The van der Waals surface area contributed by atoms with Crippen LogP contribution in [0.4, 0.5) is 0 Å². The van der Waals surface area contributed by atoms with Crippen molar-refractivity contribution in [1.29, 1.82) is 0 Å². The predicted octanol–water partition coefficient (Wildman–Crippen LogP) is 1.97. The molecule has 0 heterocycles. The van der Waals surface area contributed by atoms with Crippen LogP contribution in [0, 0.1) is 11.8 Å². The van der Waals surface area contributed by atoms with E-state index in [1.807, 2.05) is 19.0 Å². The van der Waals surface area contributed by atoms with Crippen LogP contribution in [0.2, 0.25) is 0 Å². The Labute approximate surface area is 91.5 Å². The number of nitrogens with zero attached hydrogens (tertiary/aromatic N) is 1. The van der Waals surface area contributed by atoms with Gasteiger partial charge in [-0.1, -0.05) is 12.8 Å². The monoisotopic (exact) mass is 211 g/mol. The zero-order chi connectivity index (χ0) is 11.1. The highest BCUT2D eigenvalue weighted by atomic mass is 16.4. The molecule has 0 aromatic heterocycles. The largest absolute Gasteiger partial charge is 0.480 e. The Bertz CT molecular complexity index is 260. The standard InChI is InChI=1S/C12H21NO2/c1-13(2)12(11(14)15)7-3-4-10(8-12)9-5-6-9/h9-10H,3-8H2,1-2H3,(H,14,15). The summed E-state index contributed by atoms with van der Waals surface area (Å²) in [6, 6.07) is 0. The van der Waals surface area contributed by atoms with E-state index in [1.165, 1.54) is 19.3 Å². The molecule has 2 aliphatic carbocycles. The number of hydrogen-bond acceptors (Lipinski definition) is 2. The molecule has 0 bridgehead atoms. The van der Waals surface area contributed by atoms with Gasteiger partial charge >= 0.3 is 5.97 Å². The van der Waals surface area contributed by atoms with E-state index in [9.17, 15) is 9.90 Å². The fraction of sp³-hybridized carbons (Fsp3) is 0.917. The molecule has 0 spiro atoms. The van der Waals surface area contributed by atoms with E-state index in [2.05, 4.69) is 0 Å². The third kappa shape index (κ3) is 1.89. The lowest BCUT2D eigenvalue weighted by Gasteiger charge is -2.42. The highest BCUT2D eigenvalue weighted by Crippen LogP contribution is 2.47. The molecule has 0 saturated heterocycles. The zero-order valence-corrected chi connectivity index (χ0v) is 9.70. The summed E-state index contributed by atoms with van der Waals surface area (Å²) in [5, 5.41) is 9.44. The average molecular weight is 211 g/mol. The highest BCUT2D eigenvalue weighted by Gasteiger charge is 2.47. The van der Waals surface area contributed by atoms with Gasteiger partial charge in [-0.3, -0.25) is 9.69 Å². The highest BCUT2D eigenvalue weighted by molar-refractivity contribution is 5.78. The third-order valence-electron chi connectivity index (χ3n) is 4.31. The van der Waals surface area contributed by atoms with Crippen LogP contribution >= 0.6 is 0 Å². The summed E-state index contributed by atoms with van der Waals surface area (Å²) in [6.07, 6.45) is 6.65. The fourth-order valence-electron chi connectivity index (χ4n) is 3.06. The van der Waals surface area contributed by atoms with Crippen molar-refractivity contribution in [2.75, 3.05) is 14.1 Å². The molecule has 86 valence electrons. The number of likely N-dealkylation sites (N-methyl/N-ethyl adjacent to an activating group) is 1. The van der Waals surface area contributed by atoms with Crippen LogP contribution in [0.3, 0.4) is 0 Å². The number of carboxylic acids is 1. The van der Waals surface area contributed by atoms with Gasteiger partial charge in [0.05, 0.1) is 0 Å². The topological polar surface area (TPSA) is 40.5 Å². The van der Waals surface area contributed by atoms with E-state index >= 15 is 0 Å². The molecule has 2 saturated carbocycles. The van der Waals surface area contributed by atoms with E-state index in [-0.39, 0.29) is 0 Å². The molecule has 2 fully saturated rings. The van der Waals surface area contributed by atoms with Crippen molar-refractivity contribution in [3.63, 3.8) is 0 Å². The quantitative estimate of drug-likeness (QED) is 0.776. The van der Waals surface area contributed by atoms with Crippen LogP contribution in [-0.2, 0) is 4.79 Å². The van der Waals surface area contributed by atoms with Gasteiger partial charge in [-0.15, -0.1) is 0 Å². The molecule has 3 heteroatoms. The smallest absolute Gasteiger partial charge is 0.324 e. The predicted molar refractivity (Wildman–Crippen MR) is 58.7 cm³/mol. The minimum absolute atomic E-state index is 0.578. The number of carboxylic acid groups (broad SMARTS) is 1. The van der Waals surface area contributed by atoms with Crippen LogP contribution < -0.4 is 0 Å². The molecule has 1 N–H and O–H groups in total. The van der Waals surface area contributed by atoms with Crippen molar-refractivity contribution in [1.82, 2.24) is 4.90 Å². The Hall–Kier alpha value is -0.570. The van der Waals surface area contributed by atoms with Crippen LogP contribution in [0.5, 0.6) is 0 Å². The number of rotatable bonds is 3. The summed E-state index contributed by atoms with van der Waals surface area (Å²) in [7, 11) is 3.81. The minimum Gasteiger partial charge on any atom is -0.480 e. The Kier molecular flexibility index (Phi) is 2.75. The second-order valence-electron chi connectivity index (χ2n) is 5.43. The van der Waals surface area contributed by atoms with Crippen LogP contribution in [0.15, 0.2) is 0 Å². The van der Waals surface area contributed by atoms with E-state index in [0.29, 0.717) is 5.92 Å². The van der Waals surface area contributed by atoms with Gasteiger partial charge in [0.2, 0.25) is 0 Å². The van der Waals surface area contributed by atoms with Crippen molar-refractivity contribution in [2.45, 2.75) is 44.1 Å². The van der Waals surface area contributed by atoms with Crippen molar-refractivity contribution in [3.05, 3.63) is 0 Å². The maximum Gasteiger partial charge on any atom is 0.324 e. The molecule has 2 atom stereocenters. The Balaban J connectivity index is 2.12. The molecule has 2 unspecified atom stereocenters. The molecule has 2 aliphatic rings. The summed E-state index contributed by atoms with van der Waals surface area (Å²) in [5.74, 6) is 0.874. The lowest BCUT2D eigenvalue weighted by Crippen LogP contribution is -2.54. The van der Waals surface area contributed by atoms with Crippen LogP contribution in [0.25, 0.3) is 0 Å². The summed E-state index contributed by atoms with van der Waals surface area (Å²) in [5.41, 5.74) is -0.578. The van der Waals surface area contributed by atoms with Crippen molar-refractivity contribution in [2.24, 2.45) is 11.8 Å². The van der Waals surface area contributed by atoms with Gasteiger partial charge in [-0.05, 0) is 51.6 Å². The molecular formula is C12H21NO2. The molecule has 3 nitrogen and oxygen atoms in total. The maximum absolute atomic E-state index is 11.5. The fourth-order valence-corrected chi connectivity index (χ4v) is 3.06. The van der Waals surface area contributed by atoms with Gasteiger partial charge in [0, 0.05) is 0 Å². The second-order valence-corrected chi connectivity index (χ2v) is 5.43. The van der Waals surface area contributed by atoms with E-state index in [1.54, 1.807) is 0 Å². The molecule has 0 radical (unpaired) electrons. The second kappa shape index (κ2) is 3.78. The first kappa shape index (κ1) is 10.9. The molecule has 15 heavy (non-hydrogen) atoms. The number of carbonyl (C=O) groups is 1. The SMILES string of the molecule is CN(C)C1(C(=O)O)CCCC(C2CC2)C1. The molecule has 0 amide bonds. The Morgan fingerprint density at radius 2 is 1.93 bits per heavy atom. The number of hydrogen-bond donors (Lipinski definition) is 1. The van der Waals surface area contributed by atoms with E-state index in [4.69, 9.17) is 0 Å². The van der Waals surface area contributed by atoms with Gasteiger partial charge in [-0.25, -0.2) is 0 Å². The molecule has 0 aromatic rings. The summed E-state index contributed by atoms with van der Waals surface area (Å²) in [6.45, 7) is 0. The van der Waals surface area contributed by atoms with Crippen molar-refractivity contribution < 1.29 is 9.90 Å². The lowest BCUT2D eigenvalue weighted by atomic mass is 9.73. The maximum atomic E-state index is 11.5. The normalized spacial score (nSPS) is 36.9. The number of aliphatic carboxylic acids is 1. The Morgan fingerprint density at radius 1 is 1.27 bits per heavy atom. The Morgan fingerprint density at radius 3 is 2.40 bits per heavy atom. The summed E-state index contributed by atoms with van der Waals surface area (Å²) >= 11 is 0. The molecular weight excluding hydrogens is 190 g/mol. The summed E-state index contributed by atoms with van der Waals surface area (Å²) in [4.78, 5) is 13.4. The van der Waals surface area contributed by atoms with E-state index in [0.717, 1.165) is 25.2 Å². The minimum atomic E-state index is -0.627. The molecule has 0 aliphatic heterocycles. The van der Waals surface area contributed by atoms with Crippen molar-refractivity contribution in [3.8, 4) is 0 Å². The summed E-state index contributed by atoms with van der Waals surface area (Å²) < 4.78 is 0. The van der Waals surface area contributed by atoms with Crippen LogP contribution in [0.1, 0.15) is 38.5 Å². The van der Waals surface area contributed by atoms with Crippen molar-refractivity contribution >= 4 is 5.97 Å². The van der Waals surface area contributed by atoms with Gasteiger partial charge in [0.15, 0.2) is 0 Å². The average Bonchev–Trinajstić information content (AvgIpc) is 3.00. The van der Waals surface area contributed by atoms with E-state index < -0.39 is 11.5 Å². The van der Waals surface area contributed by atoms with Gasteiger partial charge in [-0.2, -0.15) is 0 Å². The van der Waals surface area contributed by atoms with Gasteiger partial charge in [0.25, 0.3) is 0 Å². The molecule has 2 rings (SSSR count). The zero-order valence-electron chi connectivity index (χ0n) is 9.70. The lowest BCUT2D eigenvalue weighted by molar-refractivity contribution is -0.153.